The fourth-order valence-corrected chi connectivity index (χ4v) is 3.66. The Labute approximate surface area is 143 Å². The maximum absolute atomic E-state index is 12.5. The van der Waals surface area contributed by atoms with Crippen molar-refractivity contribution in [2.75, 3.05) is 39.2 Å². The summed E-state index contributed by atoms with van der Waals surface area (Å²) in [5, 5.41) is 2.95. The lowest BCUT2D eigenvalue weighted by Gasteiger charge is -2.43. The molecule has 1 aliphatic heterocycles. The van der Waals surface area contributed by atoms with E-state index in [2.05, 4.69) is 10.2 Å². The number of nitrogens with one attached hydrogen (secondary N) is 1. The molecule has 0 aromatic heterocycles. The second-order valence-corrected chi connectivity index (χ2v) is 6.35. The maximum Gasteiger partial charge on any atom is 0.238 e. The van der Waals surface area contributed by atoms with Gasteiger partial charge in [-0.15, -0.1) is 0 Å². The number of hydrogen-bond donors (Lipinski definition) is 1. The second-order valence-electron chi connectivity index (χ2n) is 6.35. The van der Waals surface area contributed by atoms with Gasteiger partial charge in [-0.3, -0.25) is 9.69 Å². The second kappa shape index (κ2) is 7.85. The van der Waals surface area contributed by atoms with Gasteiger partial charge in [-0.2, -0.15) is 0 Å². The van der Waals surface area contributed by atoms with Gasteiger partial charge in [0.05, 0.1) is 39.2 Å². The van der Waals surface area contributed by atoms with Gasteiger partial charge in [-0.25, -0.2) is 0 Å². The lowest BCUT2D eigenvalue weighted by Crippen LogP contribution is -2.54. The monoisotopic (exact) mass is 334 g/mol. The molecule has 1 aromatic rings. The smallest absolute Gasteiger partial charge is 0.238 e. The fraction of sp³-hybridized carbons (Fsp3) is 0.611. The first kappa shape index (κ1) is 17.0. The first-order chi connectivity index (χ1) is 11.7. The number of hydrogen-bond acceptors (Lipinski definition) is 5. The molecule has 1 saturated heterocycles. The Balaban J connectivity index is 1.65. The van der Waals surface area contributed by atoms with E-state index in [0.29, 0.717) is 36.4 Å². The molecule has 0 radical (unpaired) electrons. The van der Waals surface area contributed by atoms with Gasteiger partial charge in [0.15, 0.2) is 0 Å². The zero-order valence-corrected chi connectivity index (χ0v) is 14.4. The summed E-state index contributed by atoms with van der Waals surface area (Å²) in [7, 11) is 3.19. The summed E-state index contributed by atoms with van der Waals surface area (Å²) in [5.74, 6) is 1.28. The molecule has 2 atom stereocenters. The number of amides is 1. The van der Waals surface area contributed by atoms with E-state index in [9.17, 15) is 4.79 Å². The zero-order chi connectivity index (χ0) is 16.9. The molecule has 132 valence electrons. The zero-order valence-electron chi connectivity index (χ0n) is 14.4. The highest BCUT2D eigenvalue weighted by molar-refractivity contribution is 5.94. The van der Waals surface area contributed by atoms with Gasteiger partial charge in [0.25, 0.3) is 0 Å². The number of anilines is 1. The van der Waals surface area contributed by atoms with Gasteiger partial charge < -0.3 is 19.5 Å². The van der Waals surface area contributed by atoms with Crippen molar-refractivity contribution in [1.29, 1.82) is 0 Å². The average molecular weight is 334 g/mol. The number of benzene rings is 1. The Morgan fingerprint density at radius 1 is 1.29 bits per heavy atom. The summed E-state index contributed by atoms with van der Waals surface area (Å²) in [6, 6.07) is 5.74. The third kappa shape index (κ3) is 3.82. The van der Waals surface area contributed by atoms with Crippen molar-refractivity contribution in [3.8, 4) is 11.5 Å². The summed E-state index contributed by atoms with van der Waals surface area (Å²) in [6.45, 7) is 1.89. The van der Waals surface area contributed by atoms with Crippen LogP contribution in [0.15, 0.2) is 18.2 Å². The van der Waals surface area contributed by atoms with Crippen molar-refractivity contribution in [1.82, 2.24) is 4.90 Å². The van der Waals surface area contributed by atoms with E-state index in [0.717, 1.165) is 19.4 Å². The van der Waals surface area contributed by atoms with E-state index in [4.69, 9.17) is 14.2 Å². The van der Waals surface area contributed by atoms with Crippen LogP contribution in [-0.4, -0.2) is 56.9 Å². The van der Waals surface area contributed by atoms with E-state index in [1.165, 1.54) is 12.8 Å². The molecule has 6 heteroatoms. The largest absolute Gasteiger partial charge is 0.497 e. The van der Waals surface area contributed by atoms with Gasteiger partial charge in [-0.1, -0.05) is 12.8 Å². The highest BCUT2D eigenvalue weighted by Crippen LogP contribution is 2.30. The van der Waals surface area contributed by atoms with E-state index >= 15 is 0 Å². The maximum atomic E-state index is 12.5. The van der Waals surface area contributed by atoms with Crippen LogP contribution in [0.3, 0.4) is 0 Å². The number of carbonyl (C=O) groups excluding carboxylic acids is 1. The standard InChI is InChI=1S/C18H26N2O4/c1-22-13-7-8-16(23-2)14(11-13)19-18(21)12-20-9-10-24-17-6-4-3-5-15(17)20/h7-8,11,15,17H,3-6,9-10,12H2,1-2H3,(H,19,21)/t15-,17-/m1/s1. The number of carbonyl (C=O) groups is 1. The van der Waals surface area contributed by atoms with Gasteiger partial charge in [0, 0.05) is 18.7 Å². The van der Waals surface area contributed by atoms with Crippen LogP contribution < -0.4 is 14.8 Å². The molecule has 0 bridgehead atoms. The summed E-state index contributed by atoms with van der Waals surface area (Å²) >= 11 is 0. The fourth-order valence-electron chi connectivity index (χ4n) is 3.66. The van der Waals surface area contributed by atoms with Crippen LogP contribution in [0.25, 0.3) is 0 Å². The quantitative estimate of drug-likeness (QED) is 0.895. The van der Waals surface area contributed by atoms with Gasteiger partial charge in [0.2, 0.25) is 5.91 Å². The first-order valence-electron chi connectivity index (χ1n) is 8.59. The Morgan fingerprint density at radius 3 is 2.92 bits per heavy atom. The normalized spacial score (nSPS) is 24.1. The SMILES string of the molecule is COc1ccc(OC)c(NC(=O)CN2CCO[C@@H]3CCCC[C@H]32)c1. The van der Waals surface area contributed by atoms with Crippen LogP contribution in [0.2, 0.25) is 0 Å². The van der Waals surface area contributed by atoms with Crippen LogP contribution in [0.4, 0.5) is 5.69 Å². The number of nitrogens with zero attached hydrogens (tertiary/aromatic N) is 1. The van der Waals surface area contributed by atoms with Crippen LogP contribution >= 0.6 is 0 Å². The molecule has 6 nitrogen and oxygen atoms in total. The lowest BCUT2D eigenvalue weighted by molar-refractivity contribution is -0.124. The predicted octanol–water partition coefficient (Wildman–Crippen LogP) is 2.29. The van der Waals surface area contributed by atoms with Gasteiger partial charge in [-0.05, 0) is 25.0 Å². The number of ether oxygens (including phenoxy) is 3. The molecule has 0 unspecified atom stereocenters. The van der Waals surface area contributed by atoms with E-state index in [1.54, 1.807) is 26.4 Å². The van der Waals surface area contributed by atoms with Crippen molar-refractivity contribution in [2.24, 2.45) is 0 Å². The Hall–Kier alpha value is -1.79. The van der Waals surface area contributed by atoms with Gasteiger partial charge in [0.1, 0.15) is 11.5 Å². The Morgan fingerprint density at radius 2 is 2.12 bits per heavy atom. The molecule has 1 heterocycles. The molecule has 1 amide bonds. The summed E-state index contributed by atoms with van der Waals surface area (Å²) in [4.78, 5) is 14.8. The van der Waals surface area contributed by atoms with E-state index < -0.39 is 0 Å². The third-order valence-corrected chi connectivity index (χ3v) is 4.87. The molecule has 24 heavy (non-hydrogen) atoms. The van der Waals surface area contributed by atoms with Crippen LogP contribution in [0.1, 0.15) is 25.7 Å². The Kier molecular flexibility index (Phi) is 5.58. The van der Waals surface area contributed by atoms with Crippen LogP contribution in [0.5, 0.6) is 11.5 Å². The molecule has 0 spiro atoms. The minimum atomic E-state index is -0.0345. The number of rotatable bonds is 5. The highest BCUT2D eigenvalue weighted by atomic mass is 16.5. The van der Waals surface area contributed by atoms with Gasteiger partial charge >= 0.3 is 0 Å². The van der Waals surface area contributed by atoms with E-state index in [-0.39, 0.29) is 12.0 Å². The molecule has 1 aliphatic carbocycles. The third-order valence-electron chi connectivity index (χ3n) is 4.87. The number of methoxy groups -OCH3 is 2. The highest BCUT2D eigenvalue weighted by Gasteiger charge is 2.34. The summed E-state index contributed by atoms with van der Waals surface area (Å²) in [5.41, 5.74) is 0.635. The summed E-state index contributed by atoms with van der Waals surface area (Å²) < 4.78 is 16.4. The van der Waals surface area contributed by atoms with Crippen molar-refractivity contribution in [2.45, 2.75) is 37.8 Å². The van der Waals surface area contributed by atoms with Crippen LogP contribution in [0, 0.1) is 0 Å². The molecule has 1 N–H and O–H groups in total. The lowest BCUT2D eigenvalue weighted by atomic mass is 9.90. The van der Waals surface area contributed by atoms with E-state index in [1.807, 2.05) is 6.07 Å². The summed E-state index contributed by atoms with van der Waals surface area (Å²) in [6.07, 6.45) is 4.94. The molecule has 1 aromatic carbocycles. The Bertz CT molecular complexity index is 576. The van der Waals surface area contributed by atoms with Crippen LogP contribution in [-0.2, 0) is 9.53 Å². The molecule has 1 saturated carbocycles. The molecular formula is C18H26N2O4. The molecule has 3 rings (SSSR count). The van der Waals surface area contributed by atoms with Crippen molar-refractivity contribution in [3.05, 3.63) is 18.2 Å². The minimum Gasteiger partial charge on any atom is -0.497 e. The predicted molar refractivity (Wildman–Crippen MR) is 91.7 cm³/mol. The number of morpholine rings is 1. The van der Waals surface area contributed by atoms with Crippen molar-refractivity contribution >= 4 is 11.6 Å². The molecular weight excluding hydrogens is 308 g/mol. The molecule has 2 aliphatic rings. The van der Waals surface area contributed by atoms with Crippen molar-refractivity contribution in [3.63, 3.8) is 0 Å². The molecule has 2 fully saturated rings. The van der Waals surface area contributed by atoms with Crippen molar-refractivity contribution < 1.29 is 19.0 Å². The number of fused-ring (bicyclic) bond motifs is 1. The topological polar surface area (TPSA) is 60.0 Å². The first-order valence-corrected chi connectivity index (χ1v) is 8.59. The minimum absolute atomic E-state index is 0.0345. The average Bonchev–Trinajstić information content (AvgIpc) is 2.62.